The number of benzene rings is 1. The van der Waals surface area contributed by atoms with Crippen LogP contribution < -0.4 is 16.2 Å². The second-order valence-electron chi connectivity index (χ2n) is 6.81. The monoisotopic (exact) mass is 390 g/mol. The Labute approximate surface area is 158 Å². The summed E-state index contributed by atoms with van der Waals surface area (Å²) in [6, 6.07) is 4.65. The van der Waals surface area contributed by atoms with Gasteiger partial charge in [-0.2, -0.15) is 5.26 Å². The molecule has 1 aliphatic rings. The molecule has 1 fully saturated rings. The molecule has 3 N–H and O–H groups in total. The molecule has 2 unspecified atom stereocenters. The first-order chi connectivity index (χ1) is 13.3. The number of nitrogens with one attached hydrogen (secondary N) is 3. The molecule has 10 heteroatoms. The summed E-state index contributed by atoms with van der Waals surface area (Å²) in [4.78, 5) is 38.6. The summed E-state index contributed by atoms with van der Waals surface area (Å²) < 4.78 is 27.3. The molecule has 3 rings (SSSR count). The van der Waals surface area contributed by atoms with Gasteiger partial charge in [0.25, 0.3) is 5.56 Å². The molecule has 0 aliphatic carbocycles. The Morgan fingerprint density at radius 1 is 1.39 bits per heavy atom. The number of rotatable bonds is 4. The van der Waals surface area contributed by atoms with E-state index in [0.717, 1.165) is 12.1 Å². The number of fused-ring (bicyclic) bond motifs is 1. The first-order valence-electron chi connectivity index (χ1n) is 8.65. The highest BCUT2D eigenvalue weighted by Crippen LogP contribution is 2.16. The normalized spacial score (nSPS) is 20.6. The van der Waals surface area contributed by atoms with Gasteiger partial charge in [0.1, 0.15) is 0 Å². The molecule has 146 valence electrons. The third kappa shape index (κ3) is 4.04. The number of aromatic amines is 1. The van der Waals surface area contributed by atoms with Crippen molar-refractivity contribution >= 4 is 16.8 Å². The van der Waals surface area contributed by atoms with E-state index in [1.165, 1.54) is 6.07 Å². The fourth-order valence-electron chi connectivity index (χ4n) is 3.18. The topological polar surface area (TPSA) is 118 Å². The number of carbonyl (C=O) groups is 1. The van der Waals surface area contributed by atoms with Crippen LogP contribution in [0.25, 0.3) is 10.9 Å². The summed E-state index contributed by atoms with van der Waals surface area (Å²) in [5.74, 6) is -2.78. The maximum Gasteiger partial charge on any atom is 0.341 e. The van der Waals surface area contributed by atoms with Crippen molar-refractivity contribution in [2.75, 3.05) is 13.1 Å². The Morgan fingerprint density at radius 2 is 2.11 bits per heavy atom. The highest BCUT2D eigenvalue weighted by Gasteiger charge is 2.37. The average molecular weight is 390 g/mol. The van der Waals surface area contributed by atoms with Crippen molar-refractivity contribution in [1.29, 1.82) is 5.26 Å². The fraction of sp³-hybridized carbons (Fsp3) is 0.389. The molecule has 0 spiro atoms. The number of halogens is 2. The molecule has 1 saturated heterocycles. The van der Waals surface area contributed by atoms with Crippen LogP contribution in [-0.4, -0.2) is 40.9 Å². The van der Waals surface area contributed by atoms with Crippen LogP contribution >= 0.6 is 0 Å². The second kappa shape index (κ2) is 7.82. The maximum atomic E-state index is 13.4. The molecular formula is C18H18F2N5O3+. The van der Waals surface area contributed by atoms with Gasteiger partial charge in [0.15, 0.2) is 17.7 Å². The van der Waals surface area contributed by atoms with Gasteiger partial charge in [0, 0.05) is 39.3 Å². The standard InChI is InChI=1S/C18H17F2N5O3/c1-9(12-7-22-16(6-21)25(28)8-12)23-17(26)4-11-2-10-3-13(19)14(20)5-15(10)24-18(11)27/h2-3,5,9,12,16,22H,4,7-8H2,1H3,(H-,23,24,26,27)/p+1/t9-,12?,16?/m0/s1. The first-order valence-corrected chi connectivity index (χ1v) is 8.65. The number of H-pyrrole nitrogens is 1. The molecule has 0 radical (unpaired) electrons. The SMILES string of the molecule is C[C@H](NC(=O)Cc1cc2cc(F)c(F)cc2[nH]c1=O)C1CNC(C#N)[N+](=O)C1. The molecule has 2 aromatic rings. The molecule has 8 nitrogen and oxygen atoms in total. The van der Waals surface area contributed by atoms with Gasteiger partial charge in [-0.05, 0) is 19.1 Å². The van der Waals surface area contributed by atoms with E-state index in [1.54, 1.807) is 6.92 Å². The zero-order valence-electron chi connectivity index (χ0n) is 15.0. The summed E-state index contributed by atoms with van der Waals surface area (Å²) in [6.45, 7) is 2.21. The van der Waals surface area contributed by atoms with E-state index in [4.69, 9.17) is 5.26 Å². The first kappa shape index (κ1) is 19.6. The quantitative estimate of drug-likeness (QED) is 0.665. The molecule has 1 aromatic heterocycles. The van der Waals surface area contributed by atoms with Crippen molar-refractivity contribution in [2.24, 2.45) is 5.92 Å². The minimum absolute atomic E-state index is 0.0913. The maximum absolute atomic E-state index is 13.4. The lowest BCUT2D eigenvalue weighted by atomic mass is 9.98. The Balaban J connectivity index is 1.68. The molecule has 28 heavy (non-hydrogen) atoms. The van der Waals surface area contributed by atoms with Crippen molar-refractivity contribution in [3.63, 3.8) is 0 Å². The van der Waals surface area contributed by atoms with Gasteiger partial charge in [0.2, 0.25) is 12.5 Å². The zero-order valence-corrected chi connectivity index (χ0v) is 15.0. The third-order valence-electron chi connectivity index (χ3n) is 4.81. The van der Waals surface area contributed by atoms with E-state index in [-0.39, 0.29) is 41.4 Å². The highest BCUT2D eigenvalue weighted by molar-refractivity contribution is 5.82. The summed E-state index contributed by atoms with van der Waals surface area (Å²) >= 11 is 0. The van der Waals surface area contributed by atoms with E-state index < -0.39 is 29.3 Å². The van der Waals surface area contributed by atoms with Gasteiger partial charge in [-0.25, -0.2) is 14.1 Å². The third-order valence-corrected chi connectivity index (χ3v) is 4.81. The molecule has 1 amide bonds. The Morgan fingerprint density at radius 3 is 2.79 bits per heavy atom. The summed E-state index contributed by atoms with van der Waals surface area (Å²) in [6.07, 6.45) is -1.16. The van der Waals surface area contributed by atoms with Crippen LogP contribution in [0.4, 0.5) is 8.78 Å². The largest absolute Gasteiger partial charge is 0.353 e. The lowest BCUT2D eigenvalue weighted by Crippen LogP contribution is -2.54. The van der Waals surface area contributed by atoms with Crippen LogP contribution in [-0.2, 0) is 11.2 Å². The minimum Gasteiger partial charge on any atom is -0.353 e. The fourth-order valence-corrected chi connectivity index (χ4v) is 3.18. The van der Waals surface area contributed by atoms with Gasteiger partial charge in [-0.1, -0.05) is 0 Å². The second-order valence-corrected chi connectivity index (χ2v) is 6.81. The summed E-state index contributed by atoms with van der Waals surface area (Å²) in [5, 5.41) is 14.6. The van der Waals surface area contributed by atoms with Crippen LogP contribution in [0.15, 0.2) is 23.0 Å². The summed E-state index contributed by atoms with van der Waals surface area (Å²) in [5.41, 5.74) is -0.319. The highest BCUT2D eigenvalue weighted by atomic mass is 19.2. The van der Waals surface area contributed by atoms with Gasteiger partial charge in [-0.3, -0.25) is 9.59 Å². The van der Waals surface area contributed by atoms with Gasteiger partial charge in [-0.15, -0.1) is 0 Å². The van der Waals surface area contributed by atoms with E-state index in [9.17, 15) is 23.3 Å². The van der Waals surface area contributed by atoms with Crippen LogP contribution in [0.5, 0.6) is 0 Å². The number of amides is 1. The lowest BCUT2D eigenvalue weighted by molar-refractivity contribution is -0.594. The Kier molecular flexibility index (Phi) is 5.46. The number of hydrogen-bond acceptors (Lipinski definition) is 5. The minimum atomic E-state index is -1.07. The predicted octanol–water partition coefficient (Wildman–Crippen LogP) is 0.701. The number of pyridine rings is 1. The zero-order chi connectivity index (χ0) is 20.4. The van der Waals surface area contributed by atoms with Crippen molar-refractivity contribution in [2.45, 2.75) is 25.6 Å². The lowest BCUT2D eigenvalue weighted by Gasteiger charge is -2.26. The predicted molar refractivity (Wildman–Crippen MR) is 95.2 cm³/mol. The van der Waals surface area contributed by atoms with E-state index >= 15 is 0 Å². The molecule has 0 bridgehead atoms. The van der Waals surface area contributed by atoms with Crippen molar-refractivity contribution in [1.82, 2.24) is 15.6 Å². The smallest absolute Gasteiger partial charge is 0.341 e. The van der Waals surface area contributed by atoms with Crippen LogP contribution in [0.2, 0.25) is 0 Å². The van der Waals surface area contributed by atoms with Crippen molar-refractivity contribution in [3.8, 4) is 6.07 Å². The van der Waals surface area contributed by atoms with E-state index in [1.807, 2.05) is 6.07 Å². The van der Waals surface area contributed by atoms with Crippen molar-refractivity contribution in [3.05, 3.63) is 50.7 Å². The molecular weight excluding hydrogens is 372 g/mol. The Hall–Kier alpha value is -3.19. The van der Waals surface area contributed by atoms with Gasteiger partial charge in [0.05, 0.1) is 17.9 Å². The number of nitroso groups, excluding NO2 is 1. The van der Waals surface area contributed by atoms with Crippen molar-refractivity contribution < 1.29 is 18.3 Å². The Bertz CT molecular complexity index is 1050. The molecule has 0 saturated carbocycles. The molecule has 2 heterocycles. The average Bonchev–Trinajstić information content (AvgIpc) is 2.64. The molecule has 3 atom stereocenters. The number of hydrogen-bond donors (Lipinski definition) is 3. The van der Waals surface area contributed by atoms with Crippen LogP contribution in [0.1, 0.15) is 12.5 Å². The molecule has 1 aromatic carbocycles. The number of carbonyl (C=O) groups excluding carboxylic acids is 1. The van der Waals surface area contributed by atoms with Crippen LogP contribution in [0, 0.1) is 33.8 Å². The summed E-state index contributed by atoms with van der Waals surface area (Å²) in [7, 11) is 0. The number of nitriles is 1. The van der Waals surface area contributed by atoms with Crippen LogP contribution in [0.3, 0.4) is 0 Å². The van der Waals surface area contributed by atoms with E-state index in [0.29, 0.717) is 11.3 Å². The number of aromatic nitrogens is 1. The molecule has 1 aliphatic heterocycles. The number of nitrogens with zero attached hydrogens (tertiary/aromatic N) is 2. The van der Waals surface area contributed by atoms with E-state index in [2.05, 4.69) is 15.6 Å². The van der Waals surface area contributed by atoms with Gasteiger partial charge >= 0.3 is 6.17 Å². The van der Waals surface area contributed by atoms with Gasteiger partial charge < -0.3 is 10.3 Å².